The summed E-state index contributed by atoms with van der Waals surface area (Å²) in [6.45, 7) is -0.104. The highest BCUT2D eigenvalue weighted by atomic mass is 19.4. The lowest BCUT2D eigenvalue weighted by atomic mass is 10.1. The first-order valence-electron chi connectivity index (χ1n) is 4.94. The van der Waals surface area contributed by atoms with Crippen LogP contribution in [0.4, 0.5) is 39.5 Å². The van der Waals surface area contributed by atoms with E-state index < -0.39 is 42.9 Å². The van der Waals surface area contributed by atoms with E-state index in [0.717, 1.165) is 6.92 Å². The van der Waals surface area contributed by atoms with Crippen LogP contribution in [0.15, 0.2) is 0 Å². The van der Waals surface area contributed by atoms with Gasteiger partial charge in [0.05, 0.1) is 0 Å². The summed E-state index contributed by atoms with van der Waals surface area (Å²) in [6.07, 6.45) is -18.3. The van der Waals surface area contributed by atoms with Crippen LogP contribution in [-0.2, 0) is 9.53 Å². The number of alkyl halides is 9. The topological polar surface area (TPSA) is 58.6 Å². The van der Waals surface area contributed by atoms with Gasteiger partial charge in [0, 0.05) is 6.61 Å². The lowest BCUT2D eigenvalue weighted by Crippen LogP contribution is -2.64. The number of amides is 1. The highest BCUT2D eigenvalue weighted by molar-refractivity contribution is 5.80. The largest absolute Gasteiger partial charge is 0.465 e. The SMILES string of the molecule is CCO[C@@](O)(NC(=O)C(C(F)(F)F)C(F)(F)F)C(F)(F)F. The van der Waals surface area contributed by atoms with Gasteiger partial charge in [0.25, 0.3) is 0 Å². The number of aliphatic hydroxyl groups is 1. The van der Waals surface area contributed by atoms with Crippen molar-refractivity contribution in [1.29, 1.82) is 0 Å². The zero-order valence-corrected chi connectivity index (χ0v) is 9.95. The van der Waals surface area contributed by atoms with Crippen LogP contribution in [0.1, 0.15) is 6.92 Å². The molecule has 0 saturated carbocycles. The van der Waals surface area contributed by atoms with Crippen molar-refractivity contribution in [1.82, 2.24) is 5.32 Å². The Morgan fingerprint density at radius 1 is 1.05 bits per heavy atom. The lowest BCUT2D eigenvalue weighted by Gasteiger charge is -2.32. The summed E-state index contributed by atoms with van der Waals surface area (Å²) in [5, 5.41) is 9.06. The summed E-state index contributed by atoms with van der Waals surface area (Å²) < 4.78 is 114. The maximum Gasteiger partial charge on any atom is 0.465 e. The van der Waals surface area contributed by atoms with Crippen LogP contribution in [0.25, 0.3) is 0 Å². The Labute approximate surface area is 110 Å². The van der Waals surface area contributed by atoms with E-state index in [4.69, 9.17) is 5.11 Å². The molecule has 0 aromatic carbocycles. The Hall–Kier alpha value is -1.24. The van der Waals surface area contributed by atoms with Crippen molar-refractivity contribution >= 4 is 5.91 Å². The maximum atomic E-state index is 12.4. The van der Waals surface area contributed by atoms with Crippen molar-refractivity contribution in [3.8, 4) is 0 Å². The average Bonchev–Trinajstić information content (AvgIpc) is 2.09. The molecule has 4 nitrogen and oxygen atoms in total. The summed E-state index contributed by atoms with van der Waals surface area (Å²) >= 11 is 0. The van der Waals surface area contributed by atoms with Crippen molar-refractivity contribution in [2.75, 3.05) is 6.61 Å². The maximum absolute atomic E-state index is 12.4. The van der Waals surface area contributed by atoms with E-state index in [2.05, 4.69) is 4.74 Å². The molecule has 126 valence electrons. The molecule has 0 aliphatic heterocycles. The second kappa shape index (κ2) is 5.87. The number of halogens is 9. The van der Waals surface area contributed by atoms with Gasteiger partial charge < -0.3 is 9.84 Å². The van der Waals surface area contributed by atoms with Gasteiger partial charge in [-0.1, -0.05) is 0 Å². The van der Waals surface area contributed by atoms with Gasteiger partial charge in [0.1, 0.15) is 0 Å². The van der Waals surface area contributed by atoms with Crippen LogP contribution in [0.2, 0.25) is 0 Å². The van der Waals surface area contributed by atoms with Crippen molar-refractivity contribution in [2.24, 2.45) is 5.92 Å². The fourth-order valence-electron chi connectivity index (χ4n) is 1.12. The smallest absolute Gasteiger partial charge is 0.342 e. The van der Waals surface area contributed by atoms with Crippen molar-refractivity contribution in [3.05, 3.63) is 0 Å². The van der Waals surface area contributed by atoms with Gasteiger partial charge in [-0.2, -0.15) is 39.5 Å². The second-order valence-electron chi connectivity index (χ2n) is 3.58. The quantitative estimate of drug-likeness (QED) is 0.610. The van der Waals surface area contributed by atoms with Gasteiger partial charge in [-0.3, -0.25) is 10.1 Å². The molecule has 0 spiro atoms. The predicted molar refractivity (Wildman–Crippen MR) is 46.4 cm³/mol. The first kappa shape index (κ1) is 19.8. The number of hydrogen-bond donors (Lipinski definition) is 2. The highest BCUT2D eigenvalue weighted by Crippen LogP contribution is 2.40. The van der Waals surface area contributed by atoms with Crippen LogP contribution in [0.3, 0.4) is 0 Å². The third kappa shape index (κ3) is 4.91. The molecule has 1 atom stereocenters. The molecule has 0 bridgehead atoms. The fourth-order valence-corrected chi connectivity index (χ4v) is 1.12. The Morgan fingerprint density at radius 2 is 1.43 bits per heavy atom. The average molecular weight is 337 g/mol. The fraction of sp³-hybridized carbons (Fsp3) is 0.875. The minimum atomic E-state index is -6.21. The molecular formula is C8H8F9NO3. The molecule has 13 heteroatoms. The molecule has 0 radical (unpaired) electrons. The van der Waals surface area contributed by atoms with Gasteiger partial charge >= 0.3 is 24.4 Å². The number of nitrogens with one attached hydrogen (secondary N) is 1. The zero-order valence-electron chi connectivity index (χ0n) is 9.95. The van der Waals surface area contributed by atoms with Crippen LogP contribution in [0, 0.1) is 5.92 Å². The number of rotatable bonds is 4. The molecule has 0 aliphatic rings. The van der Waals surface area contributed by atoms with E-state index in [1.54, 1.807) is 0 Å². The summed E-state index contributed by atoms with van der Waals surface area (Å²) in [5.74, 6) is -12.6. The number of carbonyl (C=O) groups excluding carboxylic acids is 1. The van der Waals surface area contributed by atoms with Gasteiger partial charge in [-0.05, 0) is 6.92 Å². The molecule has 21 heavy (non-hydrogen) atoms. The van der Waals surface area contributed by atoms with Crippen molar-refractivity contribution in [3.63, 3.8) is 0 Å². The summed E-state index contributed by atoms with van der Waals surface area (Å²) in [6, 6.07) is 0. The van der Waals surface area contributed by atoms with E-state index in [-0.39, 0.29) is 5.32 Å². The summed E-state index contributed by atoms with van der Waals surface area (Å²) in [7, 11) is 0. The van der Waals surface area contributed by atoms with Gasteiger partial charge in [0.2, 0.25) is 11.8 Å². The Morgan fingerprint density at radius 3 is 1.67 bits per heavy atom. The van der Waals surface area contributed by atoms with E-state index in [9.17, 15) is 44.3 Å². The number of ether oxygens (including phenoxy) is 1. The standard InChI is InChI=1S/C8H8F9NO3/c1-2-21-8(20,7(15,16)17)18-4(19)3(5(9,10)11)6(12,13)14/h3,20H,2H2,1H3,(H,18,19)/t8-/m1/s1. The monoisotopic (exact) mass is 337 g/mol. The second-order valence-corrected chi connectivity index (χ2v) is 3.58. The number of hydrogen-bond acceptors (Lipinski definition) is 3. The third-order valence-corrected chi connectivity index (χ3v) is 1.95. The molecule has 2 N–H and O–H groups in total. The molecule has 1 amide bonds. The van der Waals surface area contributed by atoms with Crippen molar-refractivity contribution in [2.45, 2.75) is 31.4 Å². The van der Waals surface area contributed by atoms with Crippen LogP contribution in [-0.4, -0.2) is 42.1 Å². The third-order valence-electron chi connectivity index (χ3n) is 1.95. The lowest BCUT2D eigenvalue weighted by molar-refractivity contribution is -0.376. The van der Waals surface area contributed by atoms with Gasteiger partial charge in [0.15, 0.2) is 0 Å². The summed E-state index contributed by atoms with van der Waals surface area (Å²) in [4.78, 5) is 10.9. The van der Waals surface area contributed by atoms with E-state index in [1.165, 1.54) is 0 Å². The number of carbonyl (C=O) groups is 1. The van der Waals surface area contributed by atoms with Gasteiger partial charge in [-0.25, -0.2) is 0 Å². The normalized spacial score (nSPS) is 16.8. The summed E-state index contributed by atoms with van der Waals surface area (Å²) in [5.41, 5.74) is 0. The van der Waals surface area contributed by atoms with Crippen LogP contribution < -0.4 is 5.32 Å². The minimum Gasteiger partial charge on any atom is -0.342 e. The first-order chi connectivity index (χ1) is 9.06. The molecule has 0 unspecified atom stereocenters. The molecular weight excluding hydrogens is 329 g/mol. The molecule has 0 aromatic heterocycles. The Kier molecular flexibility index (Phi) is 5.52. The highest BCUT2D eigenvalue weighted by Gasteiger charge is 2.65. The molecule has 0 fully saturated rings. The molecule has 0 rings (SSSR count). The predicted octanol–water partition coefficient (Wildman–Crippen LogP) is 2.09. The Bertz CT molecular complexity index is 361. The zero-order chi connectivity index (χ0) is 17.3. The molecule has 0 aliphatic carbocycles. The van der Waals surface area contributed by atoms with E-state index >= 15 is 0 Å². The van der Waals surface area contributed by atoms with Gasteiger partial charge in [-0.15, -0.1) is 0 Å². The van der Waals surface area contributed by atoms with Crippen LogP contribution >= 0.6 is 0 Å². The minimum absolute atomic E-state index is 0.177. The first-order valence-corrected chi connectivity index (χ1v) is 4.94. The molecule has 0 aromatic rings. The van der Waals surface area contributed by atoms with E-state index in [0.29, 0.717) is 0 Å². The Balaban J connectivity index is 5.49. The molecule has 0 saturated heterocycles. The van der Waals surface area contributed by atoms with E-state index in [1.807, 2.05) is 0 Å². The van der Waals surface area contributed by atoms with Crippen LogP contribution in [0.5, 0.6) is 0 Å². The molecule has 0 heterocycles. The van der Waals surface area contributed by atoms with Crippen molar-refractivity contribution < 1.29 is 54.2 Å².